The van der Waals surface area contributed by atoms with Crippen LogP contribution >= 0.6 is 0 Å². The number of para-hydroxylation sites is 1. The highest BCUT2D eigenvalue weighted by Gasteiger charge is 2.33. The van der Waals surface area contributed by atoms with Gasteiger partial charge in [-0.15, -0.1) is 0 Å². The van der Waals surface area contributed by atoms with Gasteiger partial charge in [-0.05, 0) is 18.2 Å². The predicted octanol–water partition coefficient (Wildman–Crippen LogP) is 2.97. The molecule has 0 aromatic heterocycles. The number of ketones is 2. The molecule has 3 aromatic rings. The molecule has 3 aromatic carbocycles. The van der Waals surface area contributed by atoms with Crippen LogP contribution in [0.3, 0.4) is 0 Å². The first-order chi connectivity index (χ1) is 16.5. The minimum absolute atomic E-state index is 0.00736. The summed E-state index contributed by atoms with van der Waals surface area (Å²) in [6, 6.07) is 21.0. The fraction of sp³-hybridized carbons (Fsp3) is 0.185. The van der Waals surface area contributed by atoms with Crippen molar-refractivity contribution in [3.05, 3.63) is 101 Å². The van der Waals surface area contributed by atoms with Crippen LogP contribution in [-0.4, -0.2) is 61.1 Å². The van der Waals surface area contributed by atoms with Crippen molar-refractivity contribution in [2.75, 3.05) is 37.7 Å². The highest BCUT2D eigenvalue weighted by Crippen LogP contribution is 2.29. The second kappa shape index (κ2) is 8.94. The zero-order chi connectivity index (χ0) is 23.7. The Morgan fingerprint density at radius 2 is 1.32 bits per heavy atom. The second-order valence-electron chi connectivity index (χ2n) is 8.21. The minimum atomic E-state index is -0.798. The molecule has 0 spiro atoms. The molecule has 7 nitrogen and oxygen atoms in total. The zero-order valence-corrected chi connectivity index (χ0v) is 18.4. The molecule has 1 amide bonds. The maximum absolute atomic E-state index is 13.1. The molecule has 1 saturated heterocycles. The lowest BCUT2D eigenvalue weighted by Crippen LogP contribution is -2.49. The lowest BCUT2D eigenvalue weighted by Gasteiger charge is -2.36. The molecule has 0 radical (unpaired) electrons. The first kappa shape index (κ1) is 21.6. The molecular formula is C27H22N2O5. The molecule has 0 unspecified atom stereocenters. The molecule has 1 aliphatic carbocycles. The smallest absolute Gasteiger partial charge is 0.339 e. The second-order valence-corrected chi connectivity index (χ2v) is 8.21. The van der Waals surface area contributed by atoms with Crippen LogP contribution in [0.15, 0.2) is 72.8 Å². The summed E-state index contributed by atoms with van der Waals surface area (Å²) in [5.74, 6) is -1.81. The standard InChI is InChI=1S/C27H22N2O5/c30-23(29-15-13-28(14-16-29)18-7-2-1-3-8-18)17-34-27(33)22-12-6-11-21-24(22)26(32)20-10-5-4-9-19(20)25(21)31/h1-12H,13-17H2. The summed E-state index contributed by atoms with van der Waals surface area (Å²) in [6.45, 7) is 2.00. The molecule has 1 aliphatic heterocycles. The molecule has 0 saturated carbocycles. The Labute approximate surface area is 196 Å². The molecule has 7 heteroatoms. The van der Waals surface area contributed by atoms with Crippen LogP contribution < -0.4 is 4.90 Å². The van der Waals surface area contributed by atoms with E-state index in [9.17, 15) is 19.2 Å². The van der Waals surface area contributed by atoms with Crippen molar-refractivity contribution in [2.24, 2.45) is 0 Å². The Balaban J connectivity index is 1.25. The van der Waals surface area contributed by atoms with Gasteiger partial charge in [0.15, 0.2) is 18.2 Å². The summed E-state index contributed by atoms with van der Waals surface area (Å²) < 4.78 is 5.28. The van der Waals surface area contributed by atoms with Gasteiger partial charge < -0.3 is 14.5 Å². The molecule has 0 atom stereocenters. The highest BCUT2D eigenvalue weighted by atomic mass is 16.5. The van der Waals surface area contributed by atoms with E-state index in [-0.39, 0.29) is 33.9 Å². The van der Waals surface area contributed by atoms with Crippen molar-refractivity contribution in [3.63, 3.8) is 0 Å². The third kappa shape index (κ3) is 3.85. The summed E-state index contributed by atoms with van der Waals surface area (Å²) in [6.07, 6.45) is 0. The average Bonchev–Trinajstić information content (AvgIpc) is 2.90. The number of fused-ring (bicyclic) bond motifs is 2. The number of amides is 1. The number of rotatable bonds is 4. The first-order valence-electron chi connectivity index (χ1n) is 11.1. The van der Waals surface area contributed by atoms with Crippen molar-refractivity contribution in [3.8, 4) is 0 Å². The van der Waals surface area contributed by atoms with Crippen LogP contribution in [0.5, 0.6) is 0 Å². The van der Waals surface area contributed by atoms with Gasteiger partial charge in [0.05, 0.1) is 5.56 Å². The van der Waals surface area contributed by atoms with Crippen molar-refractivity contribution in [1.29, 1.82) is 0 Å². The van der Waals surface area contributed by atoms with E-state index in [1.807, 2.05) is 30.3 Å². The van der Waals surface area contributed by atoms with E-state index in [0.717, 1.165) is 5.69 Å². The van der Waals surface area contributed by atoms with E-state index < -0.39 is 18.4 Å². The van der Waals surface area contributed by atoms with E-state index in [0.29, 0.717) is 31.7 Å². The topological polar surface area (TPSA) is 84.0 Å². The van der Waals surface area contributed by atoms with Gasteiger partial charge in [0, 0.05) is 54.1 Å². The molecule has 0 bridgehead atoms. The minimum Gasteiger partial charge on any atom is -0.452 e. The number of hydrogen-bond acceptors (Lipinski definition) is 6. The molecule has 170 valence electrons. The van der Waals surface area contributed by atoms with Crippen molar-refractivity contribution in [2.45, 2.75) is 0 Å². The molecule has 1 heterocycles. The maximum Gasteiger partial charge on any atom is 0.339 e. The lowest BCUT2D eigenvalue weighted by atomic mass is 9.82. The molecule has 34 heavy (non-hydrogen) atoms. The average molecular weight is 454 g/mol. The number of nitrogens with zero attached hydrogens (tertiary/aromatic N) is 2. The first-order valence-corrected chi connectivity index (χ1v) is 11.1. The SMILES string of the molecule is O=C(OCC(=O)N1CCN(c2ccccc2)CC1)c1cccc2c1C(=O)c1ccccc1C2=O. The summed E-state index contributed by atoms with van der Waals surface area (Å²) in [5.41, 5.74) is 1.87. The number of ether oxygens (including phenoxy) is 1. The number of piperazine rings is 1. The number of carbonyl (C=O) groups excluding carboxylic acids is 4. The van der Waals surface area contributed by atoms with Gasteiger partial charge >= 0.3 is 5.97 Å². The zero-order valence-electron chi connectivity index (χ0n) is 18.4. The van der Waals surface area contributed by atoms with E-state index in [1.54, 1.807) is 35.2 Å². The van der Waals surface area contributed by atoms with Crippen LogP contribution in [0, 0.1) is 0 Å². The Kier molecular flexibility index (Phi) is 5.67. The van der Waals surface area contributed by atoms with Crippen molar-refractivity contribution in [1.82, 2.24) is 4.90 Å². The Morgan fingerprint density at radius 1 is 0.706 bits per heavy atom. The van der Waals surface area contributed by atoms with Crippen LogP contribution in [0.2, 0.25) is 0 Å². The summed E-state index contributed by atoms with van der Waals surface area (Å²) >= 11 is 0. The van der Waals surface area contributed by atoms with Gasteiger partial charge in [-0.3, -0.25) is 14.4 Å². The predicted molar refractivity (Wildman–Crippen MR) is 125 cm³/mol. The van der Waals surface area contributed by atoms with Crippen LogP contribution in [-0.2, 0) is 9.53 Å². The normalized spacial score (nSPS) is 14.9. The fourth-order valence-corrected chi connectivity index (χ4v) is 4.46. The number of anilines is 1. The largest absolute Gasteiger partial charge is 0.452 e. The Morgan fingerprint density at radius 3 is 2.03 bits per heavy atom. The van der Waals surface area contributed by atoms with Crippen molar-refractivity contribution >= 4 is 29.1 Å². The molecule has 0 N–H and O–H groups in total. The van der Waals surface area contributed by atoms with Gasteiger partial charge in [0.1, 0.15) is 0 Å². The van der Waals surface area contributed by atoms with Crippen LogP contribution in [0.1, 0.15) is 42.2 Å². The van der Waals surface area contributed by atoms with Gasteiger partial charge in [0.2, 0.25) is 0 Å². The van der Waals surface area contributed by atoms with Crippen LogP contribution in [0.25, 0.3) is 0 Å². The number of carbonyl (C=O) groups is 4. The van der Waals surface area contributed by atoms with Gasteiger partial charge in [-0.1, -0.05) is 54.6 Å². The molecule has 5 rings (SSSR count). The van der Waals surface area contributed by atoms with E-state index >= 15 is 0 Å². The van der Waals surface area contributed by atoms with E-state index in [2.05, 4.69) is 4.90 Å². The maximum atomic E-state index is 13.1. The van der Waals surface area contributed by atoms with Gasteiger partial charge in [-0.2, -0.15) is 0 Å². The Bertz CT molecular complexity index is 1290. The number of hydrogen-bond donors (Lipinski definition) is 0. The van der Waals surface area contributed by atoms with E-state index in [4.69, 9.17) is 4.74 Å². The van der Waals surface area contributed by atoms with E-state index in [1.165, 1.54) is 12.1 Å². The summed E-state index contributed by atoms with van der Waals surface area (Å²) in [7, 11) is 0. The third-order valence-corrected chi connectivity index (χ3v) is 6.25. The molecular weight excluding hydrogens is 432 g/mol. The van der Waals surface area contributed by atoms with Crippen LogP contribution in [0.4, 0.5) is 5.69 Å². The Hall–Kier alpha value is -4.26. The van der Waals surface area contributed by atoms with Crippen molar-refractivity contribution < 1.29 is 23.9 Å². The summed E-state index contributed by atoms with van der Waals surface area (Å²) in [4.78, 5) is 55.3. The molecule has 1 fully saturated rings. The molecule has 2 aliphatic rings. The quantitative estimate of drug-likeness (QED) is 0.441. The third-order valence-electron chi connectivity index (χ3n) is 6.25. The lowest BCUT2D eigenvalue weighted by molar-refractivity contribution is -0.134. The van der Waals surface area contributed by atoms with Gasteiger partial charge in [-0.25, -0.2) is 4.79 Å². The highest BCUT2D eigenvalue weighted by molar-refractivity contribution is 6.30. The number of esters is 1. The fourth-order valence-electron chi connectivity index (χ4n) is 4.46. The summed E-state index contributed by atoms with van der Waals surface area (Å²) in [5, 5.41) is 0. The monoisotopic (exact) mass is 454 g/mol. The van der Waals surface area contributed by atoms with Gasteiger partial charge in [0.25, 0.3) is 5.91 Å². The number of benzene rings is 3.